The molecule has 1 aliphatic rings. The fourth-order valence-corrected chi connectivity index (χ4v) is 2.59. The van der Waals surface area contributed by atoms with Gasteiger partial charge in [0.25, 0.3) is 0 Å². The highest BCUT2D eigenvalue weighted by Crippen LogP contribution is 2.09. The molecule has 3 nitrogen and oxygen atoms in total. The molecular weight excluding hydrogens is 246 g/mol. The third-order valence-corrected chi connectivity index (χ3v) is 3.86. The van der Waals surface area contributed by atoms with E-state index in [1.54, 1.807) is 0 Å². The van der Waals surface area contributed by atoms with Gasteiger partial charge < -0.3 is 0 Å². The molecule has 0 spiro atoms. The summed E-state index contributed by atoms with van der Waals surface area (Å²) in [6.07, 6.45) is 5.33. The molecule has 0 saturated carbocycles. The third kappa shape index (κ3) is 4.19. The van der Waals surface area contributed by atoms with Crippen LogP contribution >= 0.6 is 0 Å². The van der Waals surface area contributed by atoms with E-state index in [1.807, 2.05) is 6.07 Å². The van der Waals surface area contributed by atoms with Gasteiger partial charge in [0.15, 0.2) is 0 Å². The van der Waals surface area contributed by atoms with Gasteiger partial charge in [-0.25, -0.2) is 0 Å². The zero-order valence-electron chi connectivity index (χ0n) is 12.2. The van der Waals surface area contributed by atoms with E-state index in [0.717, 1.165) is 39.1 Å². The molecular formula is C17H23N3. The quantitative estimate of drug-likeness (QED) is 0.823. The number of nitriles is 1. The first-order chi connectivity index (χ1) is 9.83. The molecule has 1 fully saturated rings. The summed E-state index contributed by atoms with van der Waals surface area (Å²) < 4.78 is 0. The Morgan fingerprint density at radius 3 is 2.50 bits per heavy atom. The summed E-state index contributed by atoms with van der Waals surface area (Å²) >= 11 is 0. The van der Waals surface area contributed by atoms with Gasteiger partial charge in [0.2, 0.25) is 0 Å². The van der Waals surface area contributed by atoms with Gasteiger partial charge >= 0.3 is 0 Å². The molecule has 3 heteroatoms. The van der Waals surface area contributed by atoms with E-state index in [4.69, 9.17) is 5.26 Å². The van der Waals surface area contributed by atoms with Crippen molar-refractivity contribution in [3.63, 3.8) is 0 Å². The maximum Gasteiger partial charge on any atom is 0.0976 e. The van der Waals surface area contributed by atoms with Crippen LogP contribution in [0.1, 0.15) is 18.9 Å². The average molecular weight is 269 g/mol. The lowest BCUT2D eigenvalue weighted by Crippen LogP contribution is -2.49. The molecule has 1 saturated heterocycles. The van der Waals surface area contributed by atoms with Crippen LogP contribution in [0.25, 0.3) is 6.08 Å². The van der Waals surface area contributed by atoms with Gasteiger partial charge in [-0.2, -0.15) is 5.26 Å². The maximum absolute atomic E-state index is 9.10. The number of piperazine rings is 1. The van der Waals surface area contributed by atoms with Gasteiger partial charge in [-0.1, -0.05) is 49.4 Å². The summed E-state index contributed by atoms with van der Waals surface area (Å²) in [7, 11) is 0. The highest BCUT2D eigenvalue weighted by atomic mass is 15.3. The molecule has 20 heavy (non-hydrogen) atoms. The minimum absolute atomic E-state index is 0.0945. The Morgan fingerprint density at radius 2 is 1.90 bits per heavy atom. The SMILES string of the molecule is CCC(C#N)N1CCN(CC=Cc2ccccc2)CC1. The molecule has 106 valence electrons. The van der Waals surface area contributed by atoms with Crippen LogP contribution < -0.4 is 0 Å². The highest BCUT2D eigenvalue weighted by molar-refractivity contribution is 5.48. The van der Waals surface area contributed by atoms with E-state index in [2.05, 4.69) is 59.2 Å². The zero-order chi connectivity index (χ0) is 14.2. The van der Waals surface area contributed by atoms with Crippen molar-refractivity contribution in [2.75, 3.05) is 32.7 Å². The first-order valence-electron chi connectivity index (χ1n) is 7.41. The Labute approximate surface area is 122 Å². The van der Waals surface area contributed by atoms with Gasteiger partial charge in [0, 0.05) is 32.7 Å². The van der Waals surface area contributed by atoms with Crippen molar-refractivity contribution < 1.29 is 0 Å². The topological polar surface area (TPSA) is 30.3 Å². The average Bonchev–Trinajstić information content (AvgIpc) is 2.51. The summed E-state index contributed by atoms with van der Waals surface area (Å²) in [5.74, 6) is 0. The van der Waals surface area contributed by atoms with Crippen molar-refractivity contribution in [1.82, 2.24) is 9.80 Å². The third-order valence-electron chi connectivity index (χ3n) is 3.86. The lowest BCUT2D eigenvalue weighted by Gasteiger charge is -2.36. The lowest BCUT2D eigenvalue weighted by atomic mass is 10.2. The number of benzene rings is 1. The van der Waals surface area contributed by atoms with E-state index in [1.165, 1.54) is 5.56 Å². The van der Waals surface area contributed by atoms with E-state index in [9.17, 15) is 0 Å². The Morgan fingerprint density at radius 1 is 1.20 bits per heavy atom. The summed E-state index contributed by atoms with van der Waals surface area (Å²) in [6.45, 7) is 7.19. The molecule has 0 aromatic heterocycles. The van der Waals surface area contributed by atoms with Crippen molar-refractivity contribution in [3.05, 3.63) is 42.0 Å². The second-order valence-corrected chi connectivity index (χ2v) is 5.20. The summed E-state index contributed by atoms with van der Waals surface area (Å²) in [4.78, 5) is 4.75. The summed E-state index contributed by atoms with van der Waals surface area (Å²) in [5.41, 5.74) is 1.25. The van der Waals surface area contributed by atoms with E-state index < -0.39 is 0 Å². The van der Waals surface area contributed by atoms with Crippen LogP contribution in [0.3, 0.4) is 0 Å². The summed E-state index contributed by atoms with van der Waals surface area (Å²) in [6, 6.07) is 12.9. The van der Waals surface area contributed by atoms with E-state index in [-0.39, 0.29) is 6.04 Å². The first kappa shape index (κ1) is 14.8. The van der Waals surface area contributed by atoms with Gasteiger partial charge in [0.1, 0.15) is 0 Å². The minimum atomic E-state index is 0.0945. The van der Waals surface area contributed by atoms with Crippen LogP contribution in [0.2, 0.25) is 0 Å². The maximum atomic E-state index is 9.10. The Kier molecular flexibility index (Phi) is 5.79. The van der Waals surface area contributed by atoms with Crippen LogP contribution in [0, 0.1) is 11.3 Å². The largest absolute Gasteiger partial charge is 0.297 e. The Balaban J connectivity index is 1.75. The predicted molar refractivity (Wildman–Crippen MR) is 83.2 cm³/mol. The lowest BCUT2D eigenvalue weighted by molar-refractivity contribution is 0.121. The number of hydrogen-bond acceptors (Lipinski definition) is 3. The smallest absolute Gasteiger partial charge is 0.0976 e. The van der Waals surface area contributed by atoms with Gasteiger partial charge in [-0.05, 0) is 12.0 Å². The van der Waals surface area contributed by atoms with E-state index >= 15 is 0 Å². The van der Waals surface area contributed by atoms with Crippen LogP contribution in [0.15, 0.2) is 36.4 Å². The molecule has 0 amide bonds. The van der Waals surface area contributed by atoms with Crippen LogP contribution in [-0.2, 0) is 0 Å². The molecule has 1 aliphatic heterocycles. The normalized spacial score (nSPS) is 19.0. The Hall–Kier alpha value is -1.63. The molecule has 0 N–H and O–H groups in total. The monoisotopic (exact) mass is 269 g/mol. The molecule has 1 aromatic carbocycles. The van der Waals surface area contributed by atoms with Crippen molar-refractivity contribution in [2.45, 2.75) is 19.4 Å². The zero-order valence-corrected chi connectivity index (χ0v) is 12.2. The van der Waals surface area contributed by atoms with Crippen LogP contribution in [0.4, 0.5) is 0 Å². The first-order valence-corrected chi connectivity index (χ1v) is 7.41. The fraction of sp³-hybridized carbons (Fsp3) is 0.471. The molecule has 1 heterocycles. The molecule has 0 bridgehead atoms. The second-order valence-electron chi connectivity index (χ2n) is 5.20. The Bertz CT molecular complexity index is 453. The standard InChI is InChI=1S/C17H23N3/c1-2-17(15-18)20-13-11-19(12-14-20)10-6-9-16-7-4-3-5-8-16/h3-9,17H,2,10-14H2,1H3. The minimum Gasteiger partial charge on any atom is -0.297 e. The van der Waals surface area contributed by atoms with Gasteiger partial charge in [-0.3, -0.25) is 9.80 Å². The summed E-state index contributed by atoms with van der Waals surface area (Å²) in [5, 5.41) is 9.10. The number of rotatable bonds is 5. The van der Waals surface area contributed by atoms with Crippen molar-refractivity contribution in [1.29, 1.82) is 5.26 Å². The number of hydrogen-bond donors (Lipinski definition) is 0. The van der Waals surface area contributed by atoms with Crippen LogP contribution in [0.5, 0.6) is 0 Å². The van der Waals surface area contributed by atoms with Crippen molar-refractivity contribution >= 4 is 6.08 Å². The molecule has 1 aromatic rings. The number of nitrogens with zero attached hydrogens (tertiary/aromatic N) is 3. The van der Waals surface area contributed by atoms with Crippen LogP contribution in [-0.4, -0.2) is 48.6 Å². The van der Waals surface area contributed by atoms with Gasteiger partial charge in [0.05, 0.1) is 12.1 Å². The molecule has 0 radical (unpaired) electrons. The van der Waals surface area contributed by atoms with Gasteiger partial charge in [-0.15, -0.1) is 0 Å². The molecule has 1 atom stereocenters. The fourth-order valence-electron chi connectivity index (χ4n) is 2.59. The van der Waals surface area contributed by atoms with Crippen molar-refractivity contribution in [2.24, 2.45) is 0 Å². The van der Waals surface area contributed by atoms with Crippen molar-refractivity contribution in [3.8, 4) is 6.07 Å². The molecule has 2 rings (SSSR count). The molecule has 1 unspecified atom stereocenters. The molecule has 0 aliphatic carbocycles. The highest BCUT2D eigenvalue weighted by Gasteiger charge is 2.21. The predicted octanol–water partition coefficient (Wildman–Crippen LogP) is 2.62. The van der Waals surface area contributed by atoms with E-state index in [0.29, 0.717) is 0 Å². The second kappa shape index (κ2) is 7.84.